The number of aromatic nitrogens is 5. The van der Waals surface area contributed by atoms with Gasteiger partial charge in [0.2, 0.25) is 0 Å². The van der Waals surface area contributed by atoms with Crippen molar-refractivity contribution in [3.05, 3.63) is 60.7 Å². The molecule has 1 aromatic carbocycles. The maximum atomic E-state index is 5.43. The summed E-state index contributed by atoms with van der Waals surface area (Å²) in [6.45, 7) is 3.62. The van der Waals surface area contributed by atoms with E-state index in [0.717, 1.165) is 58.5 Å². The molecule has 1 saturated heterocycles. The van der Waals surface area contributed by atoms with E-state index in [2.05, 4.69) is 37.0 Å². The summed E-state index contributed by atoms with van der Waals surface area (Å²) >= 11 is 0. The van der Waals surface area contributed by atoms with Gasteiger partial charge in [0.1, 0.15) is 17.4 Å². The molecule has 1 aliphatic heterocycles. The third-order valence-corrected chi connectivity index (χ3v) is 5.69. The summed E-state index contributed by atoms with van der Waals surface area (Å²) < 4.78 is 5.43. The molecule has 0 spiro atoms. The Morgan fingerprint density at radius 1 is 1.03 bits per heavy atom. The fourth-order valence-corrected chi connectivity index (χ4v) is 3.90. The highest BCUT2D eigenvalue weighted by molar-refractivity contribution is 5.89. The van der Waals surface area contributed by atoms with Crippen molar-refractivity contribution in [3.63, 3.8) is 0 Å². The molecule has 5 rings (SSSR count). The highest BCUT2D eigenvalue weighted by atomic mass is 16.5. The lowest BCUT2D eigenvalue weighted by Gasteiger charge is -2.45. The van der Waals surface area contributed by atoms with E-state index in [1.165, 1.54) is 0 Å². The van der Waals surface area contributed by atoms with Crippen LogP contribution in [-0.2, 0) is 0 Å². The Labute approximate surface area is 180 Å². The number of pyridine rings is 1. The van der Waals surface area contributed by atoms with Crippen LogP contribution in [0.15, 0.2) is 54.9 Å². The van der Waals surface area contributed by atoms with Crippen molar-refractivity contribution in [2.75, 3.05) is 37.0 Å². The maximum absolute atomic E-state index is 5.43. The largest absolute Gasteiger partial charge is 0.496 e. The number of anilines is 2. The standard InChI is InChI=1S/C23H23N7O/c1-15-25-20-12-24-11-10-18(20)23(26-15)29(2)16-13-30(14-16)22-9-8-19(27-28-22)17-6-4-5-7-21(17)31-3/h4-12,16H,13-14H2,1-3H3. The summed E-state index contributed by atoms with van der Waals surface area (Å²) in [6, 6.07) is 14.1. The number of fused-ring (bicyclic) bond motifs is 1. The monoisotopic (exact) mass is 413 g/mol. The minimum atomic E-state index is 0.335. The van der Waals surface area contributed by atoms with Crippen LogP contribution in [0.3, 0.4) is 0 Å². The predicted molar refractivity (Wildman–Crippen MR) is 120 cm³/mol. The Bertz CT molecular complexity index is 1220. The van der Waals surface area contributed by atoms with Crippen LogP contribution >= 0.6 is 0 Å². The van der Waals surface area contributed by atoms with Gasteiger partial charge >= 0.3 is 0 Å². The van der Waals surface area contributed by atoms with Crippen molar-refractivity contribution >= 4 is 22.5 Å². The highest BCUT2D eigenvalue weighted by Crippen LogP contribution is 2.31. The Kier molecular flexibility index (Phi) is 4.82. The molecule has 4 heterocycles. The lowest BCUT2D eigenvalue weighted by atomic mass is 10.1. The highest BCUT2D eigenvalue weighted by Gasteiger charge is 2.32. The van der Waals surface area contributed by atoms with Gasteiger partial charge in [-0.2, -0.15) is 0 Å². The molecule has 0 N–H and O–H groups in total. The lowest BCUT2D eigenvalue weighted by molar-refractivity contribution is 0.416. The molecule has 0 bridgehead atoms. The van der Waals surface area contributed by atoms with E-state index in [-0.39, 0.29) is 0 Å². The van der Waals surface area contributed by atoms with Crippen LogP contribution in [0.25, 0.3) is 22.2 Å². The minimum Gasteiger partial charge on any atom is -0.496 e. The van der Waals surface area contributed by atoms with Crippen LogP contribution < -0.4 is 14.5 Å². The fraction of sp³-hybridized carbons (Fsp3) is 0.261. The van der Waals surface area contributed by atoms with Gasteiger partial charge in [-0.25, -0.2) is 9.97 Å². The minimum absolute atomic E-state index is 0.335. The number of para-hydroxylation sites is 1. The van der Waals surface area contributed by atoms with Crippen LogP contribution in [0, 0.1) is 6.92 Å². The topological polar surface area (TPSA) is 80.2 Å². The Morgan fingerprint density at radius 2 is 1.87 bits per heavy atom. The van der Waals surface area contributed by atoms with Crippen molar-refractivity contribution in [3.8, 4) is 17.0 Å². The molecular weight excluding hydrogens is 390 g/mol. The van der Waals surface area contributed by atoms with E-state index in [1.807, 2.05) is 49.4 Å². The van der Waals surface area contributed by atoms with E-state index >= 15 is 0 Å². The zero-order valence-corrected chi connectivity index (χ0v) is 17.7. The van der Waals surface area contributed by atoms with Crippen LogP contribution in [0.1, 0.15) is 5.82 Å². The molecule has 0 saturated carbocycles. The molecule has 0 amide bonds. The van der Waals surface area contributed by atoms with E-state index < -0.39 is 0 Å². The molecule has 0 atom stereocenters. The second kappa shape index (κ2) is 7.79. The predicted octanol–water partition coefficient (Wildman–Crippen LogP) is 3.12. The summed E-state index contributed by atoms with van der Waals surface area (Å²) in [5.74, 6) is 3.34. The SMILES string of the molecule is COc1ccccc1-c1ccc(N2CC(N(C)c3nc(C)nc4cnccc34)C2)nn1. The number of benzene rings is 1. The van der Waals surface area contributed by atoms with E-state index in [1.54, 1.807) is 19.5 Å². The number of nitrogens with zero attached hydrogens (tertiary/aromatic N) is 7. The molecule has 8 heteroatoms. The van der Waals surface area contributed by atoms with Crippen LogP contribution in [0.5, 0.6) is 5.75 Å². The van der Waals surface area contributed by atoms with Gasteiger partial charge < -0.3 is 14.5 Å². The third kappa shape index (κ3) is 3.50. The Hall–Kier alpha value is -3.81. The van der Waals surface area contributed by atoms with Crippen molar-refractivity contribution in [1.82, 2.24) is 25.1 Å². The van der Waals surface area contributed by atoms with Crippen molar-refractivity contribution in [2.24, 2.45) is 0 Å². The molecule has 0 radical (unpaired) electrons. The number of hydrogen-bond acceptors (Lipinski definition) is 8. The Morgan fingerprint density at radius 3 is 2.65 bits per heavy atom. The van der Waals surface area contributed by atoms with Crippen molar-refractivity contribution < 1.29 is 4.74 Å². The van der Waals surface area contributed by atoms with Gasteiger partial charge in [0.25, 0.3) is 0 Å². The molecule has 0 aliphatic carbocycles. The molecular formula is C23H23N7O. The first-order chi connectivity index (χ1) is 15.1. The smallest absolute Gasteiger partial charge is 0.151 e. The molecule has 1 aliphatic rings. The molecule has 0 unspecified atom stereocenters. The first kappa shape index (κ1) is 19.2. The van der Waals surface area contributed by atoms with E-state index in [4.69, 9.17) is 9.72 Å². The summed E-state index contributed by atoms with van der Waals surface area (Å²) in [7, 11) is 3.75. The van der Waals surface area contributed by atoms with Gasteiger partial charge in [0, 0.05) is 37.3 Å². The summed E-state index contributed by atoms with van der Waals surface area (Å²) in [5, 5.41) is 9.90. The first-order valence-electron chi connectivity index (χ1n) is 10.2. The quantitative estimate of drug-likeness (QED) is 0.494. The number of hydrogen-bond donors (Lipinski definition) is 0. The van der Waals surface area contributed by atoms with Crippen LogP contribution in [0.2, 0.25) is 0 Å². The van der Waals surface area contributed by atoms with Crippen molar-refractivity contribution in [2.45, 2.75) is 13.0 Å². The lowest BCUT2D eigenvalue weighted by Crippen LogP contribution is -2.59. The molecule has 31 heavy (non-hydrogen) atoms. The average Bonchev–Trinajstić information content (AvgIpc) is 2.78. The fourth-order valence-electron chi connectivity index (χ4n) is 3.90. The van der Waals surface area contributed by atoms with Gasteiger partial charge in [-0.15, -0.1) is 10.2 Å². The molecule has 8 nitrogen and oxygen atoms in total. The summed E-state index contributed by atoms with van der Waals surface area (Å²) in [4.78, 5) is 17.8. The number of methoxy groups -OCH3 is 1. The van der Waals surface area contributed by atoms with Crippen molar-refractivity contribution in [1.29, 1.82) is 0 Å². The summed E-state index contributed by atoms with van der Waals surface area (Å²) in [6.07, 6.45) is 3.57. The molecule has 1 fully saturated rings. The van der Waals surface area contributed by atoms with Gasteiger partial charge in [0.05, 0.1) is 30.6 Å². The second-order valence-electron chi connectivity index (χ2n) is 7.63. The van der Waals surface area contributed by atoms with E-state index in [9.17, 15) is 0 Å². The van der Waals surface area contributed by atoms with Gasteiger partial charge in [-0.1, -0.05) is 12.1 Å². The zero-order chi connectivity index (χ0) is 21.4. The average molecular weight is 413 g/mol. The van der Waals surface area contributed by atoms with Gasteiger partial charge in [0.15, 0.2) is 5.82 Å². The maximum Gasteiger partial charge on any atom is 0.151 e. The third-order valence-electron chi connectivity index (χ3n) is 5.69. The molecule has 4 aromatic rings. The normalized spacial score (nSPS) is 13.8. The number of aryl methyl sites for hydroxylation is 1. The van der Waals surface area contributed by atoms with Crippen LogP contribution in [0.4, 0.5) is 11.6 Å². The van der Waals surface area contributed by atoms with Crippen LogP contribution in [-0.4, -0.2) is 58.4 Å². The number of likely N-dealkylation sites (N-methyl/N-ethyl adjacent to an activating group) is 1. The van der Waals surface area contributed by atoms with Gasteiger partial charge in [-0.3, -0.25) is 4.98 Å². The molecule has 156 valence electrons. The Balaban J connectivity index is 1.31. The number of ether oxygens (including phenoxy) is 1. The first-order valence-corrected chi connectivity index (χ1v) is 10.2. The van der Waals surface area contributed by atoms with Gasteiger partial charge in [-0.05, 0) is 37.3 Å². The summed E-state index contributed by atoms with van der Waals surface area (Å²) in [5.41, 5.74) is 2.60. The second-order valence-corrected chi connectivity index (χ2v) is 7.63. The number of rotatable bonds is 5. The molecule has 3 aromatic heterocycles. The zero-order valence-electron chi connectivity index (χ0n) is 17.7. The van der Waals surface area contributed by atoms with E-state index in [0.29, 0.717) is 6.04 Å².